The summed E-state index contributed by atoms with van der Waals surface area (Å²) >= 11 is 6.12. The zero-order valence-electron chi connectivity index (χ0n) is 20.6. The van der Waals surface area contributed by atoms with Crippen molar-refractivity contribution in [3.05, 3.63) is 95.3 Å². The van der Waals surface area contributed by atoms with Crippen LogP contribution in [0.3, 0.4) is 0 Å². The predicted molar refractivity (Wildman–Crippen MR) is 142 cm³/mol. The maximum Gasteiger partial charge on any atom is 0.264 e. The van der Waals surface area contributed by atoms with E-state index in [4.69, 9.17) is 11.6 Å². The van der Waals surface area contributed by atoms with Gasteiger partial charge in [-0.05, 0) is 55.3 Å². The molecule has 0 saturated carbocycles. The topological polar surface area (TPSA) is 86.8 Å². The van der Waals surface area contributed by atoms with Crippen molar-refractivity contribution in [2.45, 2.75) is 37.8 Å². The van der Waals surface area contributed by atoms with Gasteiger partial charge in [-0.1, -0.05) is 61.0 Å². The van der Waals surface area contributed by atoms with Crippen molar-refractivity contribution >= 4 is 39.1 Å². The number of carbonyl (C=O) groups is 2. The van der Waals surface area contributed by atoms with Crippen LogP contribution in [-0.4, -0.2) is 44.3 Å². The quantitative estimate of drug-likeness (QED) is 0.381. The van der Waals surface area contributed by atoms with Crippen molar-refractivity contribution in [2.75, 3.05) is 17.4 Å². The van der Waals surface area contributed by atoms with Gasteiger partial charge in [0, 0.05) is 18.1 Å². The normalized spacial score (nSPS) is 12.0. The van der Waals surface area contributed by atoms with Crippen molar-refractivity contribution in [2.24, 2.45) is 0 Å². The van der Waals surface area contributed by atoms with Crippen molar-refractivity contribution < 1.29 is 22.4 Å². The fraction of sp³-hybridized carbons (Fsp3) is 0.259. The summed E-state index contributed by atoms with van der Waals surface area (Å²) in [5.74, 6) is -1.87. The second-order valence-electron chi connectivity index (χ2n) is 8.39. The molecule has 3 aromatic carbocycles. The smallest absolute Gasteiger partial charge is 0.264 e. The number of rotatable bonds is 11. The van der Waals surface area contributed by atoms with Gasteiger partial charge >= 0.3 is 0 Å². The summed E-state index contributed by atoms with van der Waals surface area (Å²) in [6.07, 6.45) is 0.705. The summed E-state index contributed by atoms with van der Waals surface area (Å²) in [6, 6.07) is 18.7. The number of para-hydroxylation sites is 1. The Hall–Kier alpha value is -3.43. The number of sulfonamides is 1. The van der Waals surface area contributed by atoms with Gasteiger partial charge in [-0.3, -0.25) is 13.9 Å². The van der Waals surface area contributed by atoms with Crippen LogP contribution in [0.25, 0.3) is 0 Å². The molecule has 0 unspecified atom stereocenters. The summed E-state index contributed by atoms with van der Waals surface area (Å²) in [5, 5.41) is 3.22. The third kappa shape index (κ3) is 7.08. The third-order valence-corrected chi connectivity index (χ3v) is 7.70. The average molecular weight is 546 g/mol. The maximum atomic E-state index is 14.8. The van der Waals surface area contributed by atoms with E-state index in [1.807, 2.05) is 6.92 Å². The highest BCUT2D eigenvalue weighted by atomic mass is 35.5. The molecule has 0 saturated heterocycles. The molecule has 3 aromatic rings. The van der Waals surface area contributed by atoms with E-state index in [-0.39, 0.29) is 23.0 Å². The standard InChI is InChI=1S/C27H29ClFN3O4S/c1-3-16-30-27(34)20(2)31(18-21-10-9-11-22(28)17-21)26(33)19-32(25-15-8-7-14-24(25)29)37(35,36)23-12-5-4-6-13-23/h4-15,17,20H,3,16,18-19H2,1-2H3,(H,30,34)/t20-/m1/s1. The first kappa shape index (κ1) is 28.1. The number of hydrogen-bond acceptors (Lipinski definition) is 4. The molecule has 196 valence electrons. The van der Waals surface area contributed by atoms with Crippen LogP contribution in [0, 0.1) is 5.82 Å². The minimum absolute atomic E-state index is 0.00337. The van der Waals surface area contributed by atoms with Crippen LogP contribution in [0.15, 0.2) is 83.8 Å². The van der Waals surface area contributed by atoms with E-state index in [0.29, 0.717) is 23.6 Å². The fourth-order valence-electron chi connectivity index (χ4n) is 3.70. The van der Waals surface area contributed by atoms with E-state index in [0.717, 1.165) is 10.4 Å². The molecule has 0 fully saturated rings. The Balaban J connectivity index is 2.02. The number of carbonyl (C=O) groups excluding carboxylic acids is 2. The van der Waals surface area contributed by atoms with E-state index in [2.05, 4.69) is 5.32 Å². The summed E-state index contributed by atoms with van der Waals surface area (Å²) in [7, 11) is -4.32. The summed E-state index contributed by atoms with van der Waals surface area (Å²) < 4.78 is 42.7. The highest BCUT2D eigenvalue weighted by molar-refractivity contribution is 7.92. The lowest BCUT2D eigenvalue weighted by Gasteiger charge is -2.32. The second kappa shape index (κ2) is 12.7. The van der Waals surface area contributed by atoms with Crippen LogP contribution in [0.5, 0.6) is 0 Å². The Morgan fingerprint density at radius 3 is 2.32 bits per heavy atom. The largest absolute Gasteiger partial charge is 0.354 e. The first-order valence-electron chi connectivity index (χ1n) is 11.8. The summed E-state index contributed by atoms with van der Waals surface area (Å²) in [4.78, 5) is 27.7. The molecule has 0 radical (unpaired) electrons. The lowest BCUT2D eigenvalue weighted by atomic mass is 10.1. The molecule has 0 heterocycles. The fourth-order valence-corrected chi connectivity index (χ4v) is 5.35. The van der Waals surface area contributed by atoms with Crippen LogP contribution in [0.1, 0.15) is 25.8 Å². The van der Waals surface area contributed by atoms with E-state index in [1.54, 1.807) is 49.4 Å². The predicted octanol–water partition coefficient (Wildman–Crippen LogP) is 4.62. The molecule has 3 rings (SSSR count). The van der Waals surface area contributed by atoms with Crippen molar-refractivity contribution in [1.82, 2.24) is 10.2 Å². The van der Waals surface area contributed by atoms with Gasteiger partial charge in [0.2, 0.25) is 11.8 Å². The van der Waals surface area contributed by atoms with Crippen LogP contribution in [0.2, 0.25) is 5.02 Å². The molecule has 0 aliphatic heterocycles. The average Bonchev–Trinajstić information content (AvgIpc) is 2.89. The maximum absolute atomic E-state index is 14.8. The Labute approximate surface area is 221 Å². The molecule has 0 bridgehead atoms. The Morgan fingerprint density at radius 1 is 1.00 bits per heavy atom. The lowest BCUT2D eigenvalue weighted by Crippen LogP contribution is -2.51. The minimum atomic E-state index is -4.32. The Bertz CT molecular complexity index is 1340. The van der Waals surface area contributed by atoms with Gasteiger partial charge < -0.3 is 10.2 Å². The van der Waals surface area contributed by atoms with Gasteiger partial charge in [-0.25, -0.2) is 12.8 Å². The lowest BCUT2D eigenvalue weighted by molar-refractivity contribution is -0.139. The third-order valence-electron chi connectivity index (χ3n) is 5.69. The second-order valence-corrected chi connectivity index (χ2v) is 10.7. The SMILES string of the molecule is CCCNC(=O)[C@@H](C)N(Cc1cccc(Cl)c1)C(=O)CN(c1ccccc1F)S(=O)(=O)c1ccccc1. The van der Waals surface area contributed by atoms with E-state index in [1.165, 1.54) is 35.2 Å². The summed E-state index contributed by atoms with van der Waals surface area (Å²) in [5.41, 5.74) is 0.379. The van der Waals surface area contributed by atoms with E-state index in [9.17, 15) is 22.4 Å². The molecule has 7 nitrogen and oxygen atoms in total. The van der Waals surface area contributed by atoms with Gasteiger partial charge in [0.15, 0.2) is 0 Å². The van der Waals surface area contributed by atoms with Crippen LogP contribution >= 0.6 is 11.6 Å². The molecule has 1 atom stereocenters. The highest BCUT2D eigenvalue weighted by Crippen LogP contribution is 2.27. The Kier molecular flexibility index (Phi) is 9.66. The van der Waals surface area contributed by atoms with Gasteiger partial charge in [-0.15, -0.1) is 0 Å². The van der Waals surface area contributed by atoms with Gasteiger partial charge in [0.25, 0.3) is 10.0 Å². The molecule has 10 heteroatoms. The number of nitrogens with one attached hydrogen (secondary N) is 1. The van der Waals surface area contributed by atoms with Gasteiger partial charge in [-0.2, -0.15) is 0 Å². The number of nitrogens with zero attached hydrogens (tertiary/aromatic N) is 2. The number of amides is 2. The first-order valence-corrected chi connectivity index (χ1v) is 13.6. The Morgan fingerprint density at radius 2 is 1.68 bits per heavy atom. The molecule has 1 N–H and O–H groups in total. The molecule has 0 spiro atoms. The molecule has 2 amide bonds. The molecular weight excluding hydrogens is 517 g/mol. The molecule has 37 heavy (non-hydrogen) atoms. The number of halogens is 2. The summed E-state index contributed by atoms with van der Waals surface area (Å²) in [6.45, 7) is 3.17. The monoisotopic (exact) mass is 545 g/mol. The minimum Gasteiger partial charge on any atom is -0.354 e. The highest BCUT2D eigenvalue weighted by Gasteiger charge is 2.33. The molecular formula is C27H29ClFN3O4S. The number of benzene rings is 3. The first-order chi connectivity index (χ1) is 17.6. The zero-order valence-corrected chi connectivity index (χ0v) is 22.2. The van der Waals surface area contributed by atoms with Crippen LogP contribution in [0.4, 0.5) is 10.1 Å². The van der Waals surface area contributed by atoms with Crippen molar-refractivity contribution in [3.63, 3.8) is 0 Å². The molecule has 0 aliphatic carbocycles. The van der Waals surface area contributed by atoms with E-state index >= 15 is 0 Å². The zero-order chi connectivity index (χ0) is 27.0. The van der Waals surface area contributed by atoms with Crippen molar-refractivity contribution in [3.8, 4) is 0 Å². The number of anilines is 1. The van der Waals surface area contributed by atoms with Crippen LogP contribution in [-0.2, 0) is 26.2 Å². The molecule has 0 aliphatic rings. The number of hydrogen-bond donors (Lipinski definition) is 1. The van der Waals surface area contributed by atoms with E-state index < -0.39 is 34.3 Å². The van der Waals surface area contributed by atoms with Crippen molar-refractivity contribution in [1.29, 1.82) is 0 Å². The van der Waals surface area contributed by atoms with Crippen LogP contribution < -0.4 is 9.62 Å². The molecule has 0 aromatic heterocycles. The van der Waals surface area contributed by atoms with Gasteiger partial charge in [0.1, 0.15) is 18.4 Å². The van der Waals surface area contributed by atoms with Gasteiger partial charge in [0.05, 0.1) is 10.6 Å².